The van der Waals surface area contributed by atoms with E-state index in [0.29, 0.717) is 6.54 Å². The van der Waals surface area contributed by atoms with Gasteiger partial charge in [0.05, 0.1) is 0 Å². The van der Waals surface area contributed by atoms with Crippen LogP contribution in [0.4, 0.5) is 0 Å². The first kappa shape index (κ1) is 12.2. The Bertz CT molecular complexity index is 601. The van der Waals surface area contributed by atoms with Gasteiger partial charge in [-0.15, -0.1) is 0 Å². The molecule has 0 fully saturated rings. The minimum Gasteiger partial charge on any atom is -0.488 e. The predicted octanol–water partition coefficient (Wildman–Crippen LogP) is 3.23. The lowest BCUT2D eigenvalue weighted by Crippen LogP contribution is -2.24. The molecule has 2 aromatic carbocycles. The number of hydrogen-bond donors (Lipinski definition) is 1. The lowest BCUT2D eigenvalue weighted by molar-refractivity contribution is 0.242. The standard InChI is InChI=1S/C17H19NO/c1-11-3-5-13(6-4-11)16-8-12(2)7-14-9-15(10-18)19-17(14)16/h3-8,15H,9-10,18H2,1-2H3/t15-/m1/s1. The van der Waals surface area contributed by atoms with E-state index in [1.54, 1.807) is 0 Å². The molecule has 0 amide bonds. The Hall–Kier alpha value is -1.80. The van der Waals surface area contributed by atoms with Crippen LogP contribution >= 0.6 is 0 Å². The molecule has 0 saturated heterocycles. The molecule has 0 radical (unpaired) electrons. The van der Waals surface area contributed by atoms with Crippen LogP contribution in [-0.4, -0.2) is 12.6 Å². The number of rotatable bonds is 2. The molecule has 19 heavy (non-hydrogen) atoms. The van der Waals surface area contributed by atoms with Crippen LogP contribution < -0.4 is 10.5 Å². The molecule has 98 valence electrons. The summed E-state index contributed by atoms with van der Waals surface area (Å²) in [6.07, 6.45) is 1.05. The van der Waals surface area contributed by atoms with E-state index in [2.05, 4.69) is 50.2 Å². The summed E-state index contributed by atoms with van der Waals surface area (Å²) in [5, 5.41) is 0. The molecule has 3 rings (SSSR count). The van der Waals surface area contributed by atoms with E-state index in [-0.39, 0.29) is 6.10 Å². The molecular weight excluding hydrogens is 234 g/mol. The van der Waals surface area contributed by atoms with Crippen molar-refractivity contribution in [3.05, 3.63) is 53.1 Å². The van der Waals surface area contributed by atoms with E-state index in [1.807, 2.05) is 0 Å². The molecule has 2 heteroatoms. The summed E-state index contributed by atoms with van der Waals surface area (Å²) in [6, 6.07) is 13.0. The van der Waals surface area contributed by atoms with Gasteiger partial charge in [-0.3, -0.25) is 0 Å². The number of fused-ring (bicyclic) bond motifs is 1. The smallest absolute Gasteiger partial charge is 0.130 e. The maximum Gasteiger partial charge on any atom is 0.130 e. The quantitative estimate of drug-likeness (QED) is 0.891. The van der Waals surface area contributed by atoms with Crippen LogP contribution in [0.3, 0.4) is 0 Å². The van der Waals surface area contributed by atoms with Gasteiger partial charge in [-0.05, 0) is 36.6 Å². The van der Waals surface area contributed by atoms with Crippen molar-refractivity contribution in [2.45, 2.75) is 26.4 Å². The first-order chi connectivity index (χ1) is 9.17. The highest BCUT2D eigenvalue weighted by Crippen LogP contribution is 2.39. The fourth-order valence-corrected chi connectivity index (χ4v) is 2.67. The van der Waals surface area contributed by atoms with E-state index in [1.165, 1.54) is 27.8 Å². The van der Waals surface area contributed by atoms with Crippen molar-refractivity contribution in [1.82, 2.24) is 0 Å². The van der Waals surface area contributed by atoms with Gasteiger partial charge in [0.15, 0.2) is 0 Å². The average Bonchev–Trinajstić information content (AvgIpc) is 2.81. The number of benzene rings is 2. The summed E-state index contributed by atoms with van der Waals surface area (Å²) in [5.74, 6) is 1.02. The van der Waals surface area contributed by atoms with Crippen LogP contribution in [0.2, 0.25) is 0 Å². The summed E-state index contributed by atoms with van der Waals surface area (Å²) in [5.41, 5.74) is 12.0. The zero-order valence-electron chi connectivity index (χ0n) is 11.4. The Kier molecular flexibility index (Phi) is 3.03. The van der Waals surface area contributed by atoms with Gasteiger partial charge in [0.1, 0.15) is 11.9 Å². The molecule has 2 aromatic rings. The number of nitrogens with two attached hydrogens (primary N) is 1. The topological polar surface area (TPSA) is 35.2 Å². The Morgan fingerprint density at radius 3 is 2.53 bits per heavy atom. The second-order valence-corrected chi connectivity index (χ2v) is 5.35. The molecule has 0 aliphatic carbocycles. The van der Waals surface area contributed by atoms with Crippen molar-refractivity contribution < 1.29 is 4.74 Å². The van der Waals surface area contributed by atoms with Crippen molar-refractivity contribution in [2.75, 3.05) is 6.54 Å². The molecule has 0 aromatic heterocycles. The maximum atomic E-state index is 6.00. The lowest BCUT2D eigenvalue weighted by Gasteiger charge is -2.12. The Morgan fingerprint density at radius 2 is 1.84 bits per heavy atom. The van der Waals surface area contributed by atoms with Gasteiger partial charge in [0, 0.05) is 18.5 Å². The minimum absolute atomic E-state index is 0.126. The first-order valence-electron chi connectivity index (χ1n) is 6.74. The highest BCUT2D eigenvalue weighted by molar-refractivity contribution is 5.74. The molecule has 0 spiro atoms. The van der Waals surface area contributed by atoms with Crippen LogP contribution in [0, 0.1) is 13.8 Å². The SMILES string of the molecule is Cc1ccc(-c2cc(C)cc3c2O[C@@H](CN)C3)cc1. The first-order valence-corrected chi connectivity index (χ1v) is 6.74. The predicted molar refractivity (Wildman–Crippen MR) is 78.5 cm³/mol. The lowest BCUT2D eigenvalue weighted by atomic mass is 9.97. The molecular formula is C17H19NO. The van der Waals surface area contributed by atoms with Crippen molar-refractivity contribution >= 4 is 0 Å². The summed E-state index contributed by atoms with van der Waals surface area (Å²) in [4.78, 5) is 0. The molecule has 2 N–H and O–H groups in total. The molecule has 0 saturated carbocycles. The van der Waals surface area contributed by atoms with Crippen LogP contribution in [0.5, 0.6) is 5.75 Å². The third-order valence-corrected chi connectivity index (χ3v) is 3.67. The summed E-state index contributed by atoms with van der Waals surface area (Å²) in [6.45, 7) is 4.81. The largest absolute Gasteiger partial charge is 0.488 e. The van der Waals surface area contributed by atoms with Crippen molar-refractivity contribution in [1.29, 1.82) is 0 Å². The second-order valence-electron chi connectivity index (χ2n) is 5.35. The average molecular weight is 253 g/mol. The van der Waals surface area contributed by atoms with E-state index < -0.39 is 0 Å². The van der Waals surface area contributed by atoms with Crippen molar-refractivity contribution in [3.63, 3.8) is 0 Å². The van der Waals surface area contributed by atoms with Gasteiger partial charge in [0.2, 0.25) is 0 Å². The normalized spacial score (nSPS) is 17.1. The molecule has 1 heterocycles. The van der Waals surface area contributed by atoms with E-state index in [0.717, 1.165) is 12.2 Å². The Morgan fingerprint density at radius 1 is 1.11 bits per heavy atom. The van der Waals surface area contributed by atoms with Gasteiger partial charge < -0.3 is 10.5 Å². The molecule has 0 unspecified atom stereocenters. The summed E-state index contributed by atoms with van der Waals surface area (Å²) in [7, 11) is 0. The van der Waals surface area contributed by atoms with Gasteiger partial charge >= 0.3 is 0 Å². The zero-order chi connectivity index (χ0) is 13.4. The molecule has 1 aliphatic heterocycles. The van der Waals surface area contributed by atoms with E-state index in [4.69, 9.17) is 10.5 Å². The van der Waals surface area contributed by atoms with E-state index >= 15 is 0 Å². The van der Waals surface area contributed by atoms with Crippen LogP contribution in [-0.2, 0) is 6.42 Å². The third-order valence-electron chi connectivity index (χ3n) is 3.67. The number of hydrogen-bond acceptors (Lipinski definition) is 2. The van der Waals surface area contributed by atoms with Crippen molar-refractivity contribution in [3.8, 4) is 16.9 Å². The van der Waals surface area contributed by atoms with Crippen LogP contribution in [0.1, 0.15) is 16.7 Å². The highest BCUT2D eigenvalue weighted by atomic mass is 16.5. The van der Waals surface area contributed by atoms with Crippen molar-refractivity contribution in [2.24, 2.45) is 5.73 Å². The number of ether oxygens (including phenoxy) is 1. The molecule has 0 bridgehead atoms. The summed E-state index contributed by atoms with van der Waals surface area (Å²) >= 11 is 0. The van der Waals surface area contributed by atoms with Gasteiger partial charge in [-0.1, -0.05) is 35.9 Å². The number of aryl methyl sites for hydroxylation is 2. The maximum absolute atomic E-state index is 6.00. The van der Waals surface area contributed by atoms with Crippen LogP contribution in [0.15, 0.2) is 36.4 Å². The zero-order valence-corrected chi connectivity index (χ0v) is 11.4. The van der Waals surface area contributed by atoms with Gasteiger partial charge in [-0.2, -0.15) is 0 Å². The van der Waals surface area contributed by atoms with Gasteiger partial charge in [0.25, 0.3) is 0 Å². The Labute approximate surface area is 114 Å². The van der Waals surface area contributed by atoms with E-state index in [9.17, 15) is 0 Å². The van der Waals surface area contributed by atoms with Gasteiger partial charge in [-0.25, -0.2) is 0 Å². The fourth-order valence-electron chi connectivity index (χ4n) is 2.67. The fraction of sp³-hybridized carbons (Fsp3) is 0.294. The monoisotopic (exact) mass is 253 g/mol. The highest BCUT2D eigenvalue weighted by Gasteiger charge is 2.25. The molecule has 1 aliphatic rings. The second kappa shape index (κ2) is 4.71. The summed E-state index contributed by atoms with van der Waals surface area (Å²) < 4.78 is 6.00. The third kappa shape index (κ3) is 2.24. The Balaban J connectivity index is 2.10. The van der Waals surface area contributed by atoms with Crippen LogP contribution in [0.25, 0.3) is 11.1 Å². The molecule has 1 atom stereocenters. The molecule has 2 nitrogen and oxygen atoms in total. The minimum atomic E-state index is 0.126.